The van der Waals surface area contributed by atoms with E-state index in [-0.39, 0.29) is 0 Å². The van der Waals surface area contributed by atoms with Crippen molar-refractivity contribution in [3.05, 3.63) is 33.1 Å². The van der Waals surface area contributed by atoms with Gasteiger partial charge in [0.2, 0.25) is 6.43 Å². The van der Waals surface area contributed by atoms with Gasteiger partial charge >= 0.3 is 17.6 Å². The van der Waals surface area contributed by atoms with Crippen LogP contribution in [0, 0.1) is 5.92 Å². The Kier molecular flexibility index (Phi) is 5.67. The average molecular weight is 362 g/mol. The topological polar surface area (TPSA) is 117 Å². The zero-order valence-corrected chi connectivity index (χ0v) is 13.3. The van der Waals surface area contributed by atoms with Gasteiger partial charge in [-0.3, -0.25) is 23.9 Å². The second-order valence-corrected chi connectivity index (χ2v) is 5.37. The fraction of sp³-hybridized carbons (Fsp3) is 0.571. The van der Waals surface area contributed by atoms with E-state index in [0.29, 0.717) is 0 Å². The van der Waals surface area contributed by atoms with Crippen LogP contribution in [0.15, 0.2) is 21.9 Å². The van der Waals surface area contributed by atoms with E-state index in [0.717, 1.165) is 30.7 Å². The highest BCUT2D eigenvalue weighted by atomic mass is 19.3. The molecule has 0 amide bonds. The van der Waals surface area contributed by atoms with Crippen LogP contribution in [0.3, 0.4) is 0 Å². The zero-order valence-electron chi connectivity index (χ0n) is 13.3. The summed E-state index contributed by atoms with van der Waals surface area (Å²) in [5, 5.41) is 0. The van der Waals surface area contributed by atoms with Crippen LogP contribution in [0.25, 0.3) is 0 Å². The lowest BCUT2D eigenvalue weighted by Crippen LogP contribution is -2.40. The van der Waals surface area contributed by atoms with E-state index < -0.39 is 60.6 Å². The number of halogens is 2. The number of esters is 2. The van der Waals surface area contributed by atoms with Gasteiger partial charge in [0.15, 0.2) is 12.3 Å². The zero-order chi connectivity index (χ0) is 18.7. The van der Waals surface area contributed by atoms with E-state index in [1.165, 1.54) is 0 Å². The summed E-state index contributed by atoms with van der Waals surface area (Å²) >= 11 is 0. The Morgan fingerprint density at radius 1 is 1.32 bits per heavy atom. The third-order valence-corrected chi connectivity index (χ3v) is 3.57. The van der Waals surface area contributed by atoms with E-state index in [1.54, 1.807) is 0 Å². The van der Waals surface area contributed by atoms with Crippen molar-refractivity contribution in [2.75, 3.05) is 6.61 Å². The number of nitrogens with zero attached hydrogens (tertiary/aromatic N) is 1. The third-order valence-electron chi connectivity index (χ3n) is 3.57. The number of H-pyrrole nitrogens is 1. The van der Waals surface area contributed by atoms with Crippen molar-refractivity contribution in [1.29, 1.82) is 0 Å². The summed E-state index contributed by atoms with van der Waals surface area (Å²) < 4.78 is 42.9. The Bertz CT molecular complexity index is 760. The van der Waals surface area contributed by atoms with Crippen molar-refractivity contribution < 1.29 is 32.6 Å². The van der Waals surface area contributed by atoms with Crippen LogP contribution >= 0.6 is 0 Å². The Labute approximate surface area is 139 Å². The molecule has 1 aromatic heterocycles. The molecule has 1 saturated heterocycles. The summed E-state index contributed by atoms with van der Waals surface area (Å²) in [6.45, 7) is 1.62. The molecule has 2 heterocycles. The van der Waals surface area contributed by atoms with Crippen LogP contribution in [0.4, 0.5) is 8.78 Å². The summed E-state index contributed by atoms with van der Waals surface area (Å²) in [5.74, 6) is -3.19. The number of carbonyl (C=O) groups is 2. The van der Waals surface area contributed by atoms with Gasteiger partial charge in [-0.1, -0.05) is 0 Å². The maximum atomic E-state index is 13.5. The summed E-state index contributed by atoms with van der Waals surface area (Å²) in [4.78, 5) is 47.3. The van der Waals surface area contributed by atoms with Gasteiger partial charge < -0.3 is 14.2 Å². The highest BCUT2D eigenvalue weighted by molar-refractivity contribution is 5.66. The molecule has 0 radical (unpaired) electrons. The number of ether oxygens (including phenoxy) is 3. The van der Waals surface area contributed by atoms with Crippen molar-refractivity contribution in [1.82, 2.24) is 9.55 Å². The lowest BCUT2D eigenvalue weighted by molar-refractivity contribution is -0.156. The average Bonchev–Trinajstić information content (AvgIpc) is 2.82. The molecule has 0 saturated carbocycles. The Morgan fingerprint density at radius 3 is 2.52 bits per heavy atom. The van der Waals surface area contributed by atoms with Crippen molar-refractivity contribution in [2.24, 2.45) is 5.92 Å². The molecule has 1 aliphatic rings. The molecule has 0 spiro atoms. The van der Waals surface area contributed by atoms with Gasteiger partial charge in [0.05, 0.1) is 5.92 Å². The smallest absolute Gasteiger partial charge is 0.330 e. The fourth-order valence-corrected chi connectivity index (χ4v) is 2.58. The quantitative estimate of drug-likeness (QED) is 0.722. The molecule has 0 bridgehead atoms. The van der Waals surface area contributed by atoms with E-state index in [4.69, 9.17) is 14.2 Å². The van der Waals surface area contributed by atoms with Gasteiger partial charge in [-0.05, 0) is 0 Å². The first kappa shape index (κ1) is 18.8. The van der Waals surface area contributed by atoms with Gasteiger partial charge in [0.1, 0.15) is 12.7 Å². The monoisotopic (exact) mass is 362 g/mol. The number of hydrogen-bond donors (Lipinski definition) is 1. The molecule has 11 heteroatoms. The van der Waals surface area contributed by atoms with Gasteiger partial charge in [-0.2, -0.15) is 0 Å². The van der Waals surface area contributed by atoms with E-state index >= 15 is 0 Å². The SMILES string of the molecule is CC(=O)OC[C@H]1O[C@@H](n2ccc(=O)[nH]c2=O)[C@H](OC(C)=O)[C@@H]1C(F)F. The minimum atomic E-state index is -2.98. The lowest BCUT2D eigenvalue weighted by atomic mass is 9.98. The van der Waals surface area contributed by atoms with Crippen molar-refractivity contribution in [3.63, 3.8) is 0 Å². The Balaban J connectivity index is 2.41. The molecule has 2 rings (SSSR count). The van der Waals surface area contributed by atoms with Gasteiger partial charge in [-0.25, -0.2) is 13.6 Å². The first-order valence-corrected chi connectivity index (χ1v) is 7.26. The number of alkyl halides is 2. The molecule has 138 valence electrons. The Morgan fingerprint density at radius 2 is 2.00 bits per heavy atom. The largest absolute Gasteiger partial charge is 0.463 e. The normalized spacial score (nSPS) is 25.8. The van der Waals surface area contributed by atoms with Crippen molar-refractivity contribution in [3.8, 4) is 0 Å². The summed E-state index contributed by atoms with van der Waals surface area (Å²) in [7, 11) is 0. The second-order valence-electron chi connectivity index (χ2n) is 5.37. The first-order chi connectivity index (χ1) is 11.7. The number of carbonyl (C=O) groups excluding carboxylic acids is 2. The third kappa shape index (κ3) is 4.29. The number of rotatable bonds is 5. The van der Waals surface area contributed by atoms with Gasteiger partial charge in [0.25, 0.3) is 5.56 Å². The molecule has 1 aromatic rings. The minimum Gasteiger partial charge on any atom is -0.463 e. The second kappa shape index (κ2) is 7.55. The molecule has 1 fully saturated rings. The van der Waals surface area contributed by atoms with Gasteiger partial charge in [0, 0.05) is 26.1 Å². The van der Waals surface area contributed by atoms with Crippen molar-refractivity contribution in [2.45, 2.75) is 38.7 Å². The molecule has 0 aromatic carbocycles. The van der Waals surface area contributed by atoms with E-state index in [2.05, 4.69) is 0 Å². The van der Waals surface area contributed by atoms with Crippen LogP contribution < -0.4 is 11.2 Å². The van der Waals surface area contributed by atoms with Crippen LogP contribution in [-0.4, -0.2) is 46.7 Å². The van der Waals surface area contributed by atoms with Crippen LogP contribution in [-0.2, 0) is 23.8 Å². The molecule has 0 unspecified atom stereocenters. The number of nitrogens with one attached hydrogen (secondary N) is 1. The van der Waals surface area contributed by atoms with Crippen molar-refractivity contribution >= 4 is 11.9 Å². The predicted molar refractivity (Wildman–Crippen MR) is 76.9 cm³/mol. The predicted octanol–water partition coefficient (Wildman–Crippen LogP) is -0.190. The maximum Gasteiger partial charge on any atom is 0.330 e. The highest BCUT2D eigenvalue weighted by Crippen LogP contribution is 2.39. The van der Waals surface area contributed by atoms with Gasteiger partial charge in [-0.15, -0.1) is 0 Å². The molecule has 25 heavy (non-hydrogen) atoms. The summed E-state index contributed by atoms with van der Waals surface area (Å²) in [6.07, 6.45) is -6.17. The van der Waals surface area contributed by atoms with E-state index in [9.17, 15) is 28.0 Å². The Hall–Kier alpha value is -2.56. The first-order valence-electron chi connectivity index (χ1n) is 7.26. The number of aromatic nitrogens is 2. The maximum absolute atomic E-state index is 13.5. The highest BCUT2D eigenvalue weighted by Gasteiger charge is 2.52. The molecule has 9 nitrogen and oxygen atoms in total. The molecule has 4 atom stereocenters. The summed E-state index contributed by atoms with van der Waals surface area (Å²) in [6, 6.07) is 0.992. The minimum absolute atomic E-state index is 0.503. The van der Waals surface area contributed by atoms with Crippen LogP contribution in [0.1, 0.15) is 20.1 Å². The molecule has 1 aliphatic heterocycles. The number of aromatic amines is 1. The number of hydrogen-bond acceptors (Lipinski definition) is 7. The summed E-state index contributed by atoms with van der Waals surface area (Å²) in [5.41, 5.74) is -1.61. The molecular weight excluding hydrogens is 346 g/mol. The van der Waals surface area contributed by atoms with Crippen LogP contribution in [0.2, 0.25) is 0 Å². The molecular formula is C14H16F2N2O7. The molecule has 1 N–H and O–H groups in total. The molecule has 0 aliphatic carbocycles. The fourth-order valence-electron chi connectivity index (χ4n) is 2.58. The standard InChI is InChI=1S/C14H16F2N2O7/c1-6(19)23-5-8-10(12(15)16)11(24-7(2)20)13(25-8)18-4-3-9(21)17-14(18)22/h3-4,8,10-13H,5H2,1-2H3,(H,17,21,22)/t8-,10-,11-,13-/m1/s1. The lowest BCUT2D eigenvalue weighted by Gasteiger charge is -2.23. The van der Waals surface area contributed by atoms with Crippen LogP contribution in [0.5, 0.6) is 0 Å². The van der Waals surface area contributed by atoms with E-state index in [1.807, 2.05) is 4.98 Å².